The number of amidine groups is 1. The number of aliphatic imine (C=N–C) groups is 1. The van der Waals surface area contributed by atoms with E-state index in [1.54, 1.807) is 6.92 Å². The van der Waals surface area contributed by atoms with Gasteiger partial charge in [0.25, 0.3) is 0 Å². The van der Waals surface area contributed by atoms with E-state index in [2.05, 4.69) is 10.3 Å². The fourth-order valence-corrected chi connectivity index (χ4v) is 4.92. The maximum atomic E-state index is 13.2. The van der Waals surface area contributed by atoms with Gasteiger partial charge in [-0.05, 0) is 66.7 Å². The van der Waals surface area contributed by atoms with Gasteiger partial charge in [0.1, 0.15) is 11.4 Å². The zero-order valence-corrected chi connectivity index (χ0v) is 21.6. The van der Waals surface area contributed by atoms with Crippen molar-refractivity contribution in [1.82, 2.24) is 5.32 Å². The molecule has 2 N–H and O–H groups in total. The Kier molecular flexibility index (Phi) is 7.32. The average Bonchev–Trinajstić information content (AvgIpc) is 3.10. The number of aromatic hydroxyl groups is 1. The number of phenolic OH excluding ortho intramolecular Hbond substituents is 1. The molecule has 0 saturated carbocycles. The van der Waals surface area contributed by atoms with Crippen LogP contribution in [0, 0.1) is 0 Å². The summed E-state index contributed by atoms with van der Waals surface area (Å²) in [6, 6.07) is 11.6. The summed E-state index contributed by atoms with van der Waals surface area (Å²) in [4.78, 5) is 6.07. The van der Waals surface area contributed by atoms with E-state index in [0.29, 0.717) is 16.8 Å². The van der Waals surface area contributed by atoms with Gasteiger partial charge in [-0.3, -0.25) is 4.99 Å². The molecule has 0 amide bonds. The fourth-order valence-electron chi connectivity index (χ4n) is 4.06. The van der Waals surface area contributed by atoms with E-state index in [0.717, 1.165) is 24.3 Å². The summed E-state index contributed by atoms with van der Waals surface area (Å²) >= 11 is 17.8. The molecule has 1 aliphatic heterocycles. The van der Waals surface area contributed by atoms with Gasteiger partial charge in [-0.1, -0.05) is 47.5 Å². The van der Waals surface area contributed by atoms with Crippen molar-refractivity contribution in [3.8, 4) is 5.75 Å². The maximum absolute atomic E-state index is 13.2. The van der Waals surface area contributed by atoms with E-state index in [-0.39, 0.29) is 33.3 Å². The molecule has 1 heterocycles. The van der Waals surface area contributed by atoms with Gasteiger partial charge in [-0.25, -0.2) is 0 Å². The number of hydrogen-bond acceptors (Lipinski definition) is 3. The lowest BCUT2D eigenvalue weighted by Gasteiger charge is -2.35. The Balaban J connectivity index is 1.80. The topological polar surface area (TPSA) is 47.9 Å². The molecule has 0 radical (unpaired) electrons. The van der Waals surface area contributed by atoms with Gasteiger partial charge in [0.15, 0.2) is 10.9 Å². The van der Waals surface area contributed by atoms with Crippen LogP contribution in [0.1, 0.15) is 29.2 Å². The predicted molar refractivity (Wildman–Crippen MR) is 138 cm³/mol. The zero-order valence-electron chi connectivity index (χ0n) is 19.3. The molecule has 13 heteroatoms. The highest BCUT2D eigenvalue weighted by Gasteiger charge is 2.48. The number of benzene rings is 3. The van der Waals surface area contributed by atoms with E-state index in [9.17, 15) is 31.4 Å². The van der Waals surface area contributed by atoms with E-state index < -0.39 is 29.0 Å². The maximum Gasteiger partial charge on any atom is 0.416 e. The first-order valence-electron chi connectivity index (χ1n) is 10.8. The van der Waals surface area contributed by atoms with Gasteiger partial charge in [0.2, 0.25) is 0 Å². The van der Waals surface area contributed by atoms with Crippen LogP contribution in [0.15, 0.2) is 65.7 Å². The third-order valence-electron chi connectivity index (χ3n) is 6.07. The van der Waals surface area contributed by atoms with Crippen LogP contribution in [0.25, 0.3) is 0 Å². The van der Waals surface area contributed by atoms with E-state index in [1.165, 1.54) is 41.3 Å². The molecule has 1 aliphatic rings. The van der Waals surface area contributed by atoms with Gasteiger partial charge in [0.05, 0.1) is 27.7 Å². The predicted octanol–water partition coefficient (Wildman–Crippen LogP) is 7.95. The molecular formula is C25H17Cl2F6N3OS. The van der Waals surface area contributed by atoms with Crippen molar-refractivity contribution in [2.24, 2.45) is 4.99 Å². The lowest BCUT2D eigenvalue weighted by Crippen LogP contribution is -2.44. The minimum atomic E-state index is -4.56. The molecule has 0 bridgehead atoms. The Morgan fingerprint density at radius 1 is 0.895 bits per heavy atom. The summed E-state index contributed by atoms with van der Waals surface area (Å²) in [5.41, 5.74) is -1.83. The van der Waals surface area contributed by atoms with E-state index in [4.69, 9.17) is 35.4 Å². The summed E-state index contributed by atoms with van der Waals surface area (Å²) in [6.07, 6.45) is -9.04. The standard InChI is InChI=1S/C25H17Cl2F6N3OS/c1-23(14-6-8-16(9-7-14)25(31,32)33)21(34-12-13-2-4-15(5-3-13)24(28,29)30)35-22(38)36(23)17-10-18(26)20(37)19(27)11-17/h2-11,37H,12H2,1H3,(H,34,35,38). The Hall–Kier alpha value is -3.02. The van der Waals surface area contributed by atoms with Crippen LogP contribution in [0.2, 0.25) is 10.0 Å². The molecule has 1 unspecified atom stereocenters. The molecule has 1 atom stereocenters. The highest BCUT2D eigenvalue weighted by Crippen LogP contribution is 2.43. The molecule has 0 spiro atoms. The molecule has 3 aromatic carbocycles. The molecule has 4 nitrogen and oxygen atoms in total. The fraction of sp³-hybridized carbons (Fsp3) is 0.200. The SMILES string of the molecule is CC1(c2ccc(C(F)(F)F)cc2)C(=NCc2ccc(C(F)(F)F)cc2)NC(=S)N1c1cc(Cl)c(O)c(Cl)c1. The third-order valence-corrected chi connectivity index (χ3v) is 6.93. The first-order valence-corrected chi connectivity index (χ1v) is 12.0. The number of thiocarbonyl (C=S) groups is 1. The molecule has 0 aliphatic carbocycles. The second-order valence-electron chi connectivity index (χ2n) is 8.53. The van der Waals surface area contributed by atoms with Gasteiger partial charge in [0, 0.05) is 5.69 Å². The van der Waals surface area contributed by atoms with E-state index >= 15 is 0 Å². The van der Waals surface area contributed by atoms with Crippen molar-refractivity contribution in [3.05, 3.63) is 93.0 Å². The minimum absolute atomic E-state index is 0.0514. The summed E-state index contributed by atoms with van der Waals surface area (Å²) in [5.74, 6) is -0.134. The molecule has 0 aromatic heterocycles. The average molecular weight is 592 g/mol. The van der Waals surface area contributed by atoms with Crippen LogP contribution in [0.5, 0.6) is 5.75 Å². The second-order valence-corrected chi connectivity index (χ2v) is 9.73. The van der Waals surface area contributed by atoms with Crippen molar-refractivity contribution in [2.45, 2.75) is 31.4 Å². The molecule has 1 fully saturated rings. The normalized spacial score (nSPS) is 19.2. The zero-order chi connectivity index (χ0) is 28.0. The molecule has 200 valence electrons. The Labute approximate surface area is 228 Å². The van der Waals surface area contributed by atoms with Crippen molar-refractivity contribution in [3.63, 3.8) is 0 Å². The van der Waals surface area contributed by atoms with Crippen LogP contribution in [0.3, 0.4) is 0 Å². The second kappa shape index (κ2) is 9.94. The summed E-state index contributed by atoms with van der Waals surface area (Å²) in [7, 11) is 0. The third kappa shape index (κ3) is 5.27. The lowest BCUT2D eigenvalue weighted by atomic mass is 9.88. The number of halogens is 8. The largest absolute Gasteiger partial charge is 0.505 e. The Bertz CT molecular complexity index is 1390. The van der Waals surface area contributed by atoms with Gasteiger partial charge in [-0.2, -0.15) is 26.3 Å². The van der Waals surface area contributed by atoms with Crippen molar-refractivity contribution in [2.75, 3.05) is 4.90 Å². The molecule has 4 rings (SSSR count). The van der Waals surface area contributed by atoms with Crippen LogP contribution >= 0.6 is 35.4 Å². The molecule has 38 heavy (non-hydrogen) atoms. The number of hydrogen-bond donors (Lipinski definition) is 2. The van der Waals surface area contributed by atoms with Crippen molar-refractivity contribution in [1.29, 1.82) is 0 Å². The molecular weight excluding hydrogens is 575 g/mol. The number of nitrogens with zero attached hydrogens (tertiary/aromatic N) is 2. The lowest BCUT2D eigenvalue weighted by molar-refractivity contribution is -0.138. The summed E-state index contributed by atoms with van der Waals surface area (Å²) in [6.45, 7) is 1.60. The molecule has 3 aromatic rings. The van der Waals surface area contributed by atoms with Crippen LogP contribution < -0.4 is 10.2 Å². The number of anilines is 1. The number of rotatable bonds is 4. The smallest absolute Gasteiger partial charge is 0.416 e. The summed E-state index contributed by atoms with van der Waals surface area (Å²) < 4.78 is 78.4. The first kappa shape index (κ1) is 28.0. The monoisotopic (exact) mass is 591 g/mol. The first-order chi connectivity index (χ1) is 17.6. The highest BCUT2D eigenvalue weighted by molar-refractivity contribution is 7.80. The molecule has 1 saturated heterocycles. The highest BCUT2D eigenvalue weighted by atomic mass is 35.5. The quantitative estimate of drug-likeness (QED) is 0.239. The van der Waals surface area contributed by atoms with Crippen molar-refractivity contribution < 1.29 is 31.4 Å². The van der Waals surface area contributed by atoms with Crippen LogP contribution in [-0.4, -0.2) is 16.1 Å². The summed E-state index contributed by atoms with van der Waals surface area (Å²) in [5, 5.41) is 12.9. The van der Waals surface area contributed by atoms with Gasteiger partial charge < -0.3 is 15.3 Å². The minimum Gasteiger partial charge on any atom is -0.505 e. The number of phenols is 1. The van der Waals surface area contributed by atoms with Gasteiger partial charge >= 0.3 is 12.4 Å². The Morgan fingerprint density at radius 2 is 1.37 bits per heavy atom. The van der Waals surface area contributed by atoms with Crippen LogP contribution in [-0.2, 0) is 24.4 Å². The van der Waals surface area contributed by atoms with Crippen LogP contribution in [0.4, 0.5) is 32.0 Å². The number of nitrogens with one attached hydrogen (secondary N) is 1. The number of alkyl halides is 6. The van der Waals surface area contributed by atoms with Gasteiger partial charge in [-0.15, -0.1) is 0 Å². The Morgan fingerprint density at radius 3 is 1.84 bits per heavy atom. The van der Waals surface area contributed by atoms with Crippen molar-refractivity contribution >= 4 is 52.1 Å². The van der Waals surface area contributed by atoms with E-state index in [1.807, 2.05) is 0 Å².